The van der Waals surface area contributed by atoms with Gasteiger partial charge in [-0.15, -0.1) is 0 Å². The first-order valence-electron chi connectivity index (χ1n) is 10.4. The molecule has 32 heavy (non-hydrogen) atoms. The molecule has 1 aliphatic rings. The van der Waals surface area contributed by atoms with E-state index in [2.05, 4.69) is 25.5 Å². The molecule has 3 aromatic rings. The zero-order valence-electron chi connectivity index (χ0n) is 18.5. The third-order valence-electron chi connectivity index (χ3n) is 5.00. The highest BCUT2D eigenvalue weighted by Crippen LogP contribution is 2.26. The summed E-state index contributed by atoms with van der Waals surface area (Å²) in [5.41, 5.74) is 2.45. The number of hydrazone groups is 1. The van der Waals surface area contributed by atoms with Gasteiger partial charge in [-0.1, -0.05) is 32.9 Å². The number of rotatable bonds is 4. The fourth-order valence-electron chi connectivity index (χ4n) is 3.26. The zero-order chi connectivity index (χ0) is 22.9. The lowest BCUT2D eigenvalue weighted by Crippen LogP contribution is -2.36. The van der Waals surface area contributed by atoms with Crippen LogP contribution >= 0.6 is 0 Å². The van der Waals surface area contributed by atoms with Crippen molar-refractivity contribution in [2.75, 3.05) is 10.3 Å². The minimum atomic E-state index is -0.396. The molecule has 4 rings (SSSR count). The molecule has 0 aliphatic carbocycles. The van der Waals surface area contributed by atoms with Gasteiger partial charge in [-0.25, -0.2) is 15.0 Å². The van der Waals surface area contributed by atoms with E-state index in [0.29, 0.717) is 17.5 Å². The molecule has 0 saturated carbocycles. The van der Waals surface area contributed by atoms with Gasteiger partial charge in [0.05, 0.1) is 11.4 Å². The monoisotopic (exact) mass is 431 g/mol. The smallest absolute Gasteiger partial charge is 0.273 e. The Hall–Kier alpha value is -3.88. The zero-order valence-corrected chi connectivity index (χ0v) is 18.5. The van der Waals surface area contributed by atoms with E-state index >= 15 is 0 Å². The molecule has 164 valence electrons. The summed E-state index contributed by atoms with van der Waals surface area (Å²) in [6, 6.07) is 11.0. The third kappa shape index (κ3) is 4.41. The van der Waals surface area contributed by atoms with E-state index in [0.717, 1.165) is 11.3 Å². The first-order valence-corrected chi connectivity index (χ1v) is 10.4. The molecule has 9 heteroatoms. The average molecular weight is 432 g/mol. The molecule has 0 radical (unpaired) electrons. The van der Waals surface area contributed by atoms with Crippen molar-refractivity contribution >= 4 is 29.0 Å². The molecule has 0 bridgehead atoms. The molecule has 1 N–H and O–H groups in total. The summed E-state index contributed by atoms with van der Waals surface area (Å²) in [6.07, 6.45) is 3.69. The van der Waals surface area contributed by atoms with Gasteiger partial charge < -0.3 is 5.32 Å². The van der Waals surface area contributed by atoms with E-state index in [1.165, 1.54) is 9.69 Å². The van der Waals surface area contributed by atoms with Crippen molar-refractivity contribution in [1.29, 1.82) is 0 Å². The molecule has 0 saturated heterocycles. The number of carbonyl (C=O) groups excluding carboxylic acids is 2. The van der Waals surface area contributed by atoms with Gasteiger partial charge in [0, 0.05) is 36.7 Å². The lowest BCUT2D eigenvalue weighted by atomic mass is 9.92. The molecule has 1 aromatic carbocycles. The van der Waals surface area contributed by atoms with Gasteiger partial charge in [0.25, 0.3) is 11.9 Å². The highest BCUT2D eigenvalue weighted by atomic mass is 16.2. The van der Waals surface area contributed by atoms with Crippen molar-refractivity contribution in [2.45, 2.75) is 46.0 Å². The fourth-order valence-corrected chi connectivity index (χ4v) is 3.26. The summed E-state index contributed by atoms with van der Waals surface area (Å²) in [4.78, 5) is 34.0. The Bertz CT molecular complexity index is 1190. The summed E-state index contributed by atoms with van der Waals surface area (Å²) >= 11 is 0. The molecule has 1 aliphatic heterocycles. The Morgan fingerprint density at radius 3 is 2.50 bits per heavy atom. The Labute approximate surface area is 186 Å². The third-order valence-corrected chi connectivity index (χ3v) is 5.00. The van der Waals surface area contributed by atoms with Crippen LogP contribution in [0.2, 0.25) is 0 Å². The highest BCUT2D eigenvalue weighted by Gasteiger charge is 2.28. The Morgan fingerprint density at radius 2 is 1.81 bits per heavy atom. The average Bonchev–Trinajstić information content (AvgIpc) is 3.19. The normalized spacial score (nSPS) is 14.3. The fraction of sp³-hybridized carbons (Fsp3) is 0.304. The van der Waals surface area contributed by atoms with Gasteiger partial charge in [0.2, 0.25) is 5.91 Å². The van der Waals surface area contributed by atoms with Crippen LogP contribution in [0.25, 0.3) is 5.95 Å². The maximum Gasteiger partial charge on any atom is 0.273 e. The number of anilines is 2. The van der Waals surface area contributed by atoms with Gasteiger partial charge in [-0.05, 0) is 30.7 Å². The van der Waals surface area contributed by atoms with E-state index in [-0.39, 0.29) is 29.9 Å². The van der Waals surface area contributed by atoms with Crippen molar-refractivity contribution in [3.63, 3.8) is 0 Å². The topological polar surface area (TPSA) is 105 Å². The Morgan fingerprint density at radius 1 is 1.06 bits per heavy atom. The molecular formula is C23H25N7O2. The van der Waals surface area contributed by atoms with Crippen LogP contribution in [0, 0.1) is 6.92 Å². The number of benzene rings is 1. The summed E-state index contributed by atoms with van der Waals surface area (Å²) < 4.78 is 1.51. The molecular weight excluding hydrogens is 406 g/mol. The van der Waals surface area contributed by atoms with Crippen LogP contribution < -0.4 is 10.3 Å². The molecule has 2 amide bonds. The van der Waals surface area contributed by atoms with E-state index in [4.69, 9.17) is 0 Å². The molecule has 9 nitrogen and oxygen atoms in total. The van der Waals surface area contributed by atoms with Crippen LogP contribution in [0.1, 0.15) is 44.9 Å². The van der Waals surface area contributed by atoms with Crippen molar-refractivity contribution in [2.24, 2.45) is 5.10 Å². The predicted molar refractivity (Wildman–Crippen MR) is 122 cm³/mol. The number of aromatic nitrogens is 4. The lowest BCUT2D eigenvalue weighted by Gasteiger charge is -2.23. The van der Waals surface area contributed by atoms with E-state index in [9.17, 15) is 9.59 Å². The van der Waals surface area contributed by atoms with Crippen molar-refractivity contribution in [1.82, 2.24) is 19.7 Å². The predicted octanol–water partition coefficient (Wildman–Crippen LogP) is 3.39. The second-order valence-electron chi connectivity index (χ2n) is 8.67. The number of carbonyl (C=O) groups is 2. The van der Waals surface area contributed by atoms with Crippen LogP contribution in [-0.2, 0) is 15.0 Å². The molecule has 0 spiro atoms. The molecule has 0 unspecified atom stereocenters. The lowest BCUT2D eigenvalue weighted by molar-refractivity contribution is -0.118. The number of nitrogens with zero attached hydrogens (tertiary/aromatic N) is 6. The first-order chi connectivity index (χ1) is 15.2. The van der Waals surface area contributed by atoms with Crippen LogP contribution in [0.4, 0.5) is 11.5 Å². The number of hydrogen-bond acceptors (Lipinski definition) is 6. The van der Waals surface area contributed by atoms with Crippen molar-refractivity contribution in [3.8, 4) is 5.95 Å². The SMILES string of the molecule is Cc1cccc(N2N=C(C(=O)Nc3cc(C(C)(C)C)nn3-c3ncccn3)CCC2=O)c1. The Kier molecular flexibility index (Phi) is 5.56. The molecule has 0 atom stereocenters. The number of amides is 2. The van der Waals surface area contributed by atoms with Gasteiger partial charge in [-0.3, -0.25) is 9.59 Å². The summed E-state index contributed by atoms with van der Waals surface area (Å²) in [7, 11) is 0. The van der Waals surface area contributed by atoms with Crippen LogP contribution in [0.5, 0.6) is 0 Å². The molecule has 3 heterocycles. The highest BCUT2D eigenvalue weighted by molar-refractivity contribution is 6.44. The van der Waals surface area contributed by atoms with Gasteiger partial charge in [0.1, 0.15) is 11.5 Å². The standard InChI is InChI=1S/C23H25N7O2/c1-15-7-5-8-16(13-15)29-20(31)10-9-17(27-29)21(32)26-19-14-18(23(2,3)4)28-30(19)22-24-11-6-12-25-22/h5-8,11-14H,9-10H2,1-4H3,(H,26,32). The number of hydrogen-bond donors (Lipinski definition) is 1. The molecule has 0 fully saturated rings. The summed E-state index contributed by atoms with van der Waals surface area (Å²) in [5.74, 6) is 0.242. The van der Waals surface area contributed by atoms with Gasteiger partial charge in [-0.2, -0.15) is 14.9 Å². The van der Waals surface area contributed by atoms with Crippen LogP contribution in [-0.4, -0.2) is 37.3 Å². The maximum atomic E-state index is 13.1. The van der Waals surface area contributed by atoms with Crippen molar-refractivity contribution < 1.29 is 9.59 Å². The quantitative estimate of drug-likeness (QED) is 0.682. The van der Waals surface area contributed by atoms with Crippen molar-refractivity contribution in [3.05, 3.63) is 60.0 Å². The second kappa shape index (κ2) is 8.33. The van der Waals surface area contributed by atoms with Gasteiger partial charge >= 0.3 is 0 Å². The van der Waals surface area contributed by atoms with Gasteiger partial charge in [0.15, 0.2) is 0 Å². The largest absolute Gasteiger partial charge is 0.305 e. The maximum absolute atomic E-state index is 13.1. The number of nitrogens with one attached hydrogen (secondary N) is 1. The number of aryl methyl sites for hydroxylation is 1. The van der Waals surface area contributed by atoms with E-state index in [1.54, 1.807) is 30.6 Å². The van der Waals surface area contributed by atoms with E-state index in [1.807, 2.05) is 45.9 Å². The summed E-state index contributed by atoms with van der Waals surface area (Å²) in [5, 5.41) is 13.1. The Balaban J connectivity index is 1.65. The first kappa shape index (κ1) is 21.4. The van der Waals surface area contributed by atoms with Crippen LogP contribution in [0.3, 0.4) is 0 Å². The molecule has 2 aromatic heterocycles. The minimum Gasteiger partial charge on any atom is -0.305 e. The minimum absolute atomic E-state index is 0.148. The second-order valence-corrected chi connectivity index (χ2v) is 8.67. The summed E-state index contributed by atoms with van der Waals surface area (Å²) in [6.45, 7) is 8.05. The van der Waals surface area contributed by atoms with E-state index < -0.39 is 5.91 Å². The van der Waals surface area contributed by atoms with Crippen LogP contribution in [0.15, 0.2) is 53.9 Å².